The Morgan fingerprint density at radius 1 is 1.16 bits per heavy atom. The van der Waals surface area contributed by atoms with E-state index < -0.39 is 0 Å². The predicted octanol–water partition coefficient (Wildman–Crippen LogP) is 3.16. The summed E-state index contributed by atoms with van der Waals surface area (Å²) >= 11 is 1.65. The maximum Gasteiger partial charge on any atom is 0.254 e. The minimum absolute atomic E-state index is 0.184. The van der Waals surface area contributed by atoms with Crippen molar-refractivity contribution >= 4 is 28.6 Å². The summed E-state index contributed by atoms with van der Waals surface area (Å²) in [5, 5.41) is 8.71. The number of hydrogen-bond donors (Lipinski definition) is 3. The second kappa shape index (κ2) is 8.87. The van der Waals surface area contributed by atoms with Gasteiger partial charge in [-0.15, -0.1) is 11.3 Å². The first-order chi connectivity index (χ1) is 12.2. The van der Waals surface area contributed by atoms with Crippen molar-refractivity contribution in [1.82, 2.24) is 10.2 Å². The third-order valence-corrected chi connectivity index (χ3v) is 5.36. The molecule has 1 saturated heterocycles. The molecule has 6 heteroatoms. The van der Waals surface area contributed by atoms with Gasteiger partial charge < -0.3 is 21.3 Å². The quantitative estimate of drug-likeness (QED) is 0.525. The van der Waals surface area contributed by atoms with E-state index in [0.717, 1.165) is 62.5 Å². The number of nitrogens with one attached hydrogen (secondary N) is 2. The van der Waals surface area contributed by atoms with Gasteiger partial charge in [0.1, 0.15) is 0 Å². The van der Waals surface area contributed by atoms with Crippen LogP contribution in [0.2, 0.25) is 0 Å². The van der Waals surface area contributed by atoms with Crippen LogP contribution in [-0.4, -0.2) is 37.0 Å². The molecule has 1 aromatic heterocycles. The highest BCUT2D eigenvalue weighted by atomic mass is 32.1. The first-order valence-corrected chi connectivity index (χ1v) is 9.78. The number of hydrogen-bond acceptors (Lipinski definition) is 5. The standard InChI is InChI=1S/C19H26N4OS/c20-17-6-2-3-7-18(17)22-9-8-21-13-16-12-15(14-25-16)19(24)23-10-4-1-5-11-23/h2-3,6-7,12,14,21-22H,1,4-5,8-11,13,20H2. The van der Waals surface area contributed by atoms with Crippen molar-refractivity contribution in [3.05, 3.63) is 46.2 Å². The average Bonchev–Trinajstić information content (AvgIpc) is 3.12. The van der Waals surface area contributed by atoms with Gasteiger partial charge in [-0.05, 0) is 37.5 Å². The molecule has 0 saturated carbocycles. The van der Waals surface area contributed by atoms with E-state index in [4.69, 9.17) is 5.73 Å². The monoisotopic (exact) mass is 358 g/mol. The molecular weight excluding hydrogens is 332 g/mol. The van der Waals surface area contributed by atoms with Crippen LogP contribution in [0.25, 0.3) is 0 Å². The fourth-order valence-electron chi connectivity index (χ4n) is 3.02. The van der Waals surface area contributed by atoms with Crippen molar-refractivity contribution in [2.75, 3.05) is 37.2 Å². The summed E-state index contributed by atoms with van der Waals surface area (Å²) in [7, 11) is 0. The largest absolute Gasteiger partial charge is 0.397 e. The number of nitrogens with two attached hydrogens (primary N) is 1. The van der Waals surface area contributed by atoms with E-state index in [1.54, 1.807) is 11.3 Å². The molecule has 0 atom stereocenters. The topological polar surface area (TPSA) is 70.4 Å². The summed E-state index contributed by atoms with van der Waals surface area (Å²) in [6.45, 7) is 4.22. The van der Waals surface area contributed by atoms with Crippen molar-refractivity contribution in [1.29, 1.82) is 0 Å². The van der Waals surface area contributed by atoms with E-state index in [9.17, 15) is 4.79 Å². The minimum Gasteiger partial charge on any atom is -0.397 e. The van der Waals surface area contributed by atoms with Crippen LogP contribution in [-0.2, 0) is 6.54 Å². The fraction of sp³-hybridized carbons (Fsp3) is 0.421. The number of nitrogens with zero attached hydrogens (tertiary/aromatic N) is 1. The number of para-hydroxylation sites is 2. The summed E-state index contributed by atoms with van der Waals surface area (Å²) in [6, 6.07) is 9.80. The second-order valence-electron chi connectivity index (χ2n) is 6.35. The van der Waals surface area contributed by atoms with Gasteiger partial charge in [-0.1, -0.05) is 12.1 Å². The molecule has 0 aliphatic carbocycles. The highest BCUT2D eigenvalue weighted by Crippen LogP contribution is 2.19. The lowest BCUT2D eigenvalue weighted by molar-refractivity contribution is 0.0725. The van der Waals surface area contributed by atoms with Crippen LogP contribution < -0.4 is 16.4 Å². The summed E-state index contributed by atoms with van der Waals surface area (Å²) < 4.78 is 0. The smallest absolute Gasteiger partial charge is 0.254 e. The second-order valence-corrected chi connectivity index (χ2v) is 7.34. The fourth-order valence-corrected chi connectivity index (χ4v) is 3.85. The first kappa shape index (κ1) is 17.8. The summed E-state index contributed by atoms with van der Waals surface area (Å²) in [4.78, 5) is 15.6. The number of benzene rings is 1. The normalized spacial score (nSPS) is 14.5. The van der Waals surface area contributed by atoms with E-state index in [1.807, 2.05) is 40.6 Å². The van der Waals surface area contributed by atoms with Gasteiger partial charge in [0, 0.05) is 43.0 Å². The van der Waals surface area contributed by atoms with Gasteiger partial charge in [-0.25, -0.2) is 0 Å². The van der Waals surface area contributed by atoms with Crippen LogP contribution >= 0.6 is 11.3 Å². The Labute approximate surface area is 153 Å². The Kier molecular flexibility index (Phi) is 6.30. The SMILES string of the molecule is Nc1ccccc1NCCNCc1cc(C(=O)N2CCCCC2)cs1. The van der Waals surface area contributed by atoms with E-state index in [0.29, 0.717) is 0 Å². The van der Waals surface area contributed by atoms with Gasteiger partial charge in [-0.3, -0.25) is 4.79 Å². The number of amides is 1. The maximum atomic E-state index is 12.5. The average molecular weight is 359 g/mol. The number of thiophene rings is 1. The molecule has 1 amide bonds. The lowest BCUT2D eigenvalue weighted by Crippen LogP contribution is -2.35. The van der Waals surface area contributed by atoms with Crippen molar-refractivity contribution in [2.24, 2.45) is 0 Å². The van der Waals surface area contributed by atoms with E-state index in [1.165, 1.54) is 11.3 Å². The van der Waals surface area contributed by atoms with Crippen molar-refractivity contribution in [3.8, 4) is 0 Å². The Balaban J connectivity index is 1.40. The molecule has 1 aromatic carbocycles. The minimum atomic E-state index is 0.184. The van der Waals surface area contributed by atoms with Crippen molar-refractivity contribution < 1.29 is 4.79 Å². The van der Waals surface area contributed by atoms with Gasteiger partial charge in [0.2, 0.25) is 0 Å². The van der Waals surface area contributed by atoms with Gasteiger partial charge >= 0.3 is 0 Å². The van der Waals surface area contributed by atoms with Gasteiger partial charge in [0.25, 0.3) is 5.91 Å². The van der Waals surface area contributed by atoms with E-state index >= 15 is 0 Å². The molecule has 4 N–H and O–H groups in total. The van der Waals surface area contributed by atoms with Gasteiger partial charge in [0.15, 0.2) is 0 Å². The van der Waals surface area contributed by atoms with Crippen LogP contribution in [0, 0.1) is 0 Å². The van der Waals surface area contributed by atoms with Crippen LogP contribution in [0.15, 0.2) is 35.7 Å². The van der Waals surface area contributed by atoms with Crippen LogP contribution in [0.4, 0.5) is 11.4 Å². The lowest BCUT2D eigenvalue weighted by Gasteiger charge is -2.26. The molecule has 0 bridgehead atoms. The third-order valence-electron chi connectivity index (χ3n) is 4.42. The zero-order chi connectivity index (χ0) is 17.5. The van der Waals surface area contributed by atoms with Gasteiger partial charge in [-0.2, -0.15) is 0 Å². The molecule has 134 valence electrons. The molecule has 1 aliphatic heterocycles. The maximum absolute atomic E-state index is 12.5. The summed E-state index contributed by atoms with van der Waals surface area (Å²) in [5.74, 6) is 0.184. The van der Waals surface area contributed by atoms with Crippen LogP contribution in [0.3, 0.4) is 0 Å². The molecule has 5 nitrogen and oxygen atoms in total. The van der Waals surface area contributed by atoms with E-state index in [-0.39, 0.29) is 5.91 Å². The Morgan fingerprint density at radius 2 is 1.96 bits per heavy atom. The zero-order valence-corrected chi connectivity index (χ0v) is 15.3. The van der Waals surface area contributed by atoms with Crippen LogP contribution in [0.5, 0.6) is 0 Å². The number of rotatable bonds is 7. The Hall–Kier alpha value is -2.05. The van der Waals surface area contributed by atoms with E-state index in [2.05, 4.69) is 10.6 Å². The molecule has 2 heterocycles. The predicted molar refractivity (Wildman–Crippen MR) is 105 cm³/mol. The number of piperidine rings is 1. The molecule has 0 spiro atoms. The number of nitrogen functional groups attached to an aromatic ring is 1. The first-order valence-electron chi connectivity index (χ1n) is 8.90. The van der Waals surface area contributed by atoms with Crippen molar-refractivity contribution in [3.63, 3.8) is 0 Å². The van der Waals surface area contributed by atoms with Crippen LogP contribution in [0.1, 0.15) is 34.5 Å². The molecule has 0 unspecified atom stereocenters. The van der Waals surface area contributed by atoms with Gasteiger partial charge in [0.05, 0.1) is 16.9 Å². The molecule has 0 radical (unpaired) electrons. The molecule has 3 rings (SSSR count). The number of anilines is 2. The number of carbonyl (C=O) groups excluding carboxylic acids is 1. The number of likely N-dealkylation sites (tertiary alicyclic amines) is 1. The molecule has 1 aliphatic rings. The highest BCUT2D eigenvalue weighted by Gasteiger charge is 2.19. The molecular formula is C19H26N4OS. The summed E-state index contributed by atoms with van der Waals surface area (Å²) in [6.07, 6.45) is 3.50. The lowest BCUT2D eigenvalue weighted by atomic mass is 10.1. The summed E-state index contributed by atoms with van der Waals surface area (Å²) in [5.41, 5.74) is 8.47. The molecule has 2 aromatic rings. The third kappa shape index (κ3) is 4.96. The Bertz CT molecular complexity index is 694. The highest BCUT2D eigenvalue weighted by molar-refractivity contribution is 7.10. The van der Waals surface area contributed by atoms with Crippen molar-refractivity contribution in [2.45, 2.75) is 25.8 Å². The molecule has 25 heavy (non-hydrogen) atoms. The molecule has 1 fully saturated rings. The zero-order valence-electron chi connectivity index (χ0n) is 14.5. The Morgan fingerprint density at radius 3 is 2.76 bits per heavy atom. The number of carbonyl (C=O) groups is 1.